The summed E-state index contributed by atoms with van der Waals surface area (Å²) in [4.78, 5) is 12.2. The number of piperidine rings is 1. The molecular formula is C18H28N2O3. The number of rotatable bonds is 8. The maximum Gasteiger partial charge on any atom is 0.224 e. The molecule has 1 heterocycles. The molecular weight excluding hydrogens is 292 g/mol. The molecule has 0 bridgehead atoms. The molecule has 5 heteroatoms. The summed E-state index contributed by atoms with van der Waals surface area (Å²) in [5.41, 5.74) is 0.777. The molecule has 0 radical (unpaired) electrons. The largest absolute Gasteiger partial charge is 0.491 e. The fourth-order valence-corrected chi connectivity index (χ4v) is 2.94. The number of carbonyl (C=O) groups excluding carboxylic acids is 1. The van der Waals surface area contributed by atoms with E-state index in [4.69, 9.17) is 9.47 Å². The molecule has 1 amide bonds. The molecule has 23 heavy (non-hydrogen) atoms. The van der Waals surface area contributed by atoms with Gasteiger partial charge in [0.25, 0.3) is 0 Å². The van der Waals surface area contributed by atoms with E-state index in [2.05, 4.69) is 17.6 Å². The first-order valence-electron chi connectivity index (χ1n) is 8.41. The first-order chi connectivity index (χ1) is 11.2. The molecule has 2 rings (SSSR count). The Morgan fingerprint density at radius 2 is 2.30 bits per heavy atom. The number of benzene rings is 1. The lowest BCUT2D eigenvalue weighted by atomic mass is 9.85. The summed E-state index contributed by atoms with van der Waals surface area (Å²) in [7, 11) is 1.64. The van der Waals surface area contributed by atoms with Gasteiger partial charge in [-0.2, -0.15) is 0 Å². The molecule has 1 aromatic rings. The topological polar surface area (TPSA) is 59.6 Å². The zero-order valence-electron chi connectivity index (χ0n) is 14.1. The van der Waals surface area contributed by atoms with E-state index in [1.807, 2.05) is 24.3 Å². The fraction of sp³-hybridized carbons (Fsp3) is 0.611. The monoisotopic (exact) mass is 320 g/mol. The summed E-state index contributed by atoms with van der Waals surface area (Å²) in [6, 6.07) is 7.49. The molecule has 1 aliphatic heterocycles. The Balaban J connectivity index is 1.80. The third-order valence-electron chi connectivity index (χ3n) is 4.32. The van der Waals surface area contributed by atoms with E-state index in [1.54, 1.807) is 7.11 Å². The highest BCUT2D eigenvalue weighted by Crippen LogP contribution is 2.23. The lowest BCUT2D eigenvalue weighted by molar-refractivity contribution is -0.117. The van der Waals surface area contributed by atoms with Crippen molar-refractivity contribution in [3.63, 3.8) is 0 Å². The third-order valence-corrected chi connectivity index (χ3v) is 4.32. The number of amides is 1. The predicted octanol–water partition coefficient (Wildman–Crippen LogP) is 2.68. The fourth-order valence-electron chi connectivity index (χ4n) is 2.94. The molecule has 1 aromatic carbocycles. The minimum atomic E-state index is 0.0668. The van der Waals surface area contributed by atoms with Gasteiger partial charge in [-0.05, 0) is 49.9 Å². The lowest BCUT2D eigenvalue weighted by Gasteiger charge is -2.28. The molecule has 2 atom stereocenters. The normalized spacial score (nSPS) is 19.1. The first kappa shape index (κ1) is 17.8. The highest BCUT2D eigenvalue weighted by Gasteiger charge is 2.22. The van der Waals surface area contributed by atoms with Crippen LogP contribution in [0.3, 0.4) is 0 Å². The molecule has 2 N–H and O–H groups in total. The number of methoxy groups -OCH3 is 1. The van der Waals surface area contributed by atoms with Crippen LogP contribution in [-0.2, 0) is 9.53 Å². The number of hydrogen-bond acceptors (Lipinski definition) is 4. The van der Waals surface area contributed by atoms with Crippen molar-refractivity contribution >= 4 is 11.6 Å². The van der Waals surface area contributed by atoms with Crippen molar-refractivity contribution in [3.05, 3.63) is 24.3 Å². The van der Waals surface area contributed by atoms with Crippen LogP contribution < -0.4 is 15.4 Å². The van der Waals surface area contributed by atoms with Crippen LogP contribution in [0.5, 0.6) is 5.75 Å². The second-order valence-corrected chi connectivity index (χ2v) is 6.21. The van der Waals surface area contributed by atoms with Crippen molar-refractivity contribution in [1.29, 1.82) is 0 Å². The van der Waals surface area contributed by atoms with Crippen LogP contribution >= 0.6 is 0 Å². The Hall–Kier alpha value is -1.59. The van der Waals surface area contributed by atoms with Crippen LogP contribution in [0.25, 0.3) is 0 Å². The van der Waals surface area contributed by atoms with Crippen LogP contribution in [0.2, 0.25) is 0 Å². The van der Waals surface area contributed by atoms with Gasteiger partial charge in [0.15, 0.2) is 0 Å². The molecule has 0 aromatic heterocycles. The van der Waals surface area contributed by atoms with Crippen LogP contribution in [0.15, 0.2) is 24.3 Å². The van der Waals surface area contributed by atoms with Crippen molar-refractivity contribution in [2.24, 2.45) is 11.8 Å². The van der Waals surface area contributed by atoms with Gasteiger partial charge in [0.05, 0.1) is 6.61 Å². The molecule has 2 unspecified atom stereocenters. The quantitative estimate of drug-likeness (QED) is 0.723. The van der Waals surface area contributed by atoms with Crippen molar-refractivity contribution in [2.45, 2.75) is 26.2 Å². The van der Waals surface area contributed by atoms with E-state index >= 15 is 0 Å². The summed E-state index contributed by atoms with van der Waals surface area (Å²) in [5, 5.41) is 6.38. The number of anilines is 1. The summed E-state index contributed by atoms with van der Waals surface area (Å²) < 4.78 is 10.5. The zero-order chi connectivity index (χ0) is 16.5. The molecule has 0 aliphatic carbocycles. The highest BCUT2D eigenvalue weighted by atomic mass is 16.5. The lowest BCUT2D eigenvalue weighted by Crippen LogP contribution is -2.34. The minimum Gasteiger partial charge on any atom is -0.491 e. The number of carbonyl (C=O) groups is 1. The van der Waals surface area contributed by atoms with Gasteiger partial charge in [-0.25, -0.2) is 0 Å². The van der Waals surface area contributed by atoms with Crippen molar-refractivity contribution in [3.8, 4) is 5.75 Å². The second-order valence-electron chi connectivity index (χ2n) is 6.21. The minimum absolute atomic E-state index is 0.0668. The van der Waals surface area contributed by atoms with E-state index in [-0.39, 0.29) is 5.91 Å². The summed E-state index contributed by atoms with van der Waals surface area (Å²) in [6.45, 7) is 5.34. The van der Waals surface area contributed by atoms with Crippen molar-refractivity contribution in [2.75, 3.05) is 38.7 Å². The Labute approximate surface area is 138 Å². The average molecular weight is 320 g/mol. The summed E-state index contributed by atoms with van der Waals surface area (Å²) in [5.74, 6) is 1.80. The second kappa shape index (κ2) is 9.53. The molecule has 5 nitrogen and oxygen atoms in total. The number of nitrogens with one attached hydrogen (secondary N) is 2. The smallest absolute Gasteiger partial charge is 0.224 e. The van der Waals surface area contributed by atoms with E-state index in [9.17, 15) is 4.79 Å². The summed E-state index contributed by atoms with van der Waals surface area (Å²) >= 11 is 0. The third kappa shape index (κ3) is 6.20. The van der Waals surface area contributed by atoms with Gasteiger partial charge >= 0.3 is 0 Å². The number of ether oxygens (including phenoxy) is 2. The van der Waals surface area contributed by atoms with Gasteiger partial charge in [0.2, 0.25) is 5.91 Å². The van der Waals surface area contributed by atoms with Gasteiger partial charge in [-0.3, -0.25) is 4.79 Å². The first-order valence-corrected chi connectivity index (χ1v) is 8.41. The van der Waals surface area contributed by atoms with E-state index < -0.39 is 0 Å². The maximum atomic E-state index is 12.2. The standard InChI is InChI=1S/C18H28N2O3/c1-14(15-5-4-8-19-13-15)11-18(21)20-16-6-3-7-17(12-16)23-10-9-22-2/h3,6-7,12,14-15,19H,4-5,8-11,13H2,1-2H3,(H,20,21). The SMILES string of the molecule is COCCOc1cccc(NC(=O)CC(C)C2CCCNC2)c1. The van der Waals surface area contributed by atoms with Crippen LogP contribution in [0.4, 0.5) is 5.69 Å². The van der Waals surface area contributed by atoms with Crippen molar-refractivity contribution in [1.82, 2.24) is 5.32 Å². The molecule has 0 saturated carbocycles. The van der Waals surface area contributed by atoms with Crippen LogP contribution in [0.1, 0.15) is 26.2 Å². The highest BCUT2D eigenvalue weighted by molar-refractivity contribution is 5.91. The Morgan fingerprint density at radius 1 is 1.43 bits per heavy atom. The Bertz CT molecular complexity index is 487. The van der Waals surface area contributed by atoms with Gasteiger partial charge < -0.3 is 20.1 Å². The molecule has 1 fully saturated rings. The zero-order valence-corrected chi connectivity index (χ0v) is 14.1. The Morgan fingerprint density at radius 3 is 3.04 bits per heavy atom. The van der Waals surface area contributed by atoms with Crippen LogP contribution in [-0.4, -0.2) is 39.3 Å². The molecule has 0 spiro atoms. The van der Waals surface area contributed by atoms with Gasteiger partial charge in [-0.1, -0.05) is 13.0 Å². The number of hydrogen-bond donors (Lipinski definition) is 2. The van der Waals surface area contributed by atoms with Gasteiger partial charge in [-0.15, -0.1) is 0 Å². The van der Waals surface area contributed by atoms with Crippen LogP contribution in [0, 0.1) is 11.8 Å². The molecule has 128 valence electrons. The average Bonchev–Trinajstić information content (AvgIpc) is 2.56. The predicted molar refractivity (Wildman–Crippen MR) is 91.8 cm³/mol. The molecule has 1 saturated heterocycles. The molecule has 1 aliphatic rings. The van der Waals surface area contributed by atoms with E-state index in [0.717, 1.165) is 24.5 Å². The van der Waals surface area contributed by atoms with E-state index in [0.29, 0.717) is 31.5 Å². The Kier molecular flexibility index (Phi) is 7.36. The summed E-state index contributed by atoms with van der Waals surface area (Å²) in [6.07, 6.45) is 2.98. The van der Waals surface area contributed by atoms with Gasteiger partial charge in [0.1, 0.15) is 12.4 Å². The van der Waals surface area contributed by atoms with Gasteiger partial charge in [0, 0.05) is 25.3 Å². The maximum absolute atomic E-state index is 12.2. The van der Waals surface area contributed by atoms with Crippen molar-refractivity contribution < 1.29 is 14.3 Å². The van der Waals surface area contributed by atoms with E-state index in [1.165, 1.54) is 12.8 Å².